The zero-order chi connectivity index (χ0) is 16.2. The summed E-state index contributed by atoms with van der Waals surface area (Å²) in [5, 5.41) is 2.83. The van der Waals surface area contributed by atoms with E-state index in [1.807, 2.05) is 42.5 Å². The Labute approximate surface area is 133 Å². The SMILES string of the molecule is COCC(=O)Nc1ccccc1-c1nc2ccc(OC)cc2[nH]1. The molecule has 0 fully saturated rings. The van der Waals surface area contributed by atoms with Crippen LogP contribution in [0, 0.1) is 0 Å². The van der Waals surface area contributed by atoms with Gasteiger partial charge in [-0.25, -0.2) is 4.98 Å². The lowest BCUT2D eigenvalue weighted by atomic mass is 10.1. The zero-order valence-corrected chi connectivity index (χ0v) is 12.9. The first kappa shape index (κ1) is 15.1. The molecule has 1 aromatic heterocycles. The molecule has 2 aromatic carbocycles. The van der Waals surface area contributed by atoms with Crippen LogP contribution in [-0.2, 0) is 9.53 Å². The van der Waals surface area contributed by atoms with Gasteiger partial charge < -0.3 is 19.8 Å². The molecule has 0 aliphatic rings. The Balaban J connectivity index is 1.99. The smallest absolute Gasteiger partial charge is 0.250 e. The summed E-state index contributed by atoms with van der Waals surface area (Å²) >= 11 is 0. The maximum Gasteiger partial charge on any atom is 0.250 e. The highest BCUT2D eigenvalue weighted by Gasteiger charge is 2.12. The molecule has 6 heteroatoms. The number of hydrogen-bond acceptors (Lipinski definition) is 4. The van der Waals surface area contributed by atoms with E-state index >= 15 is 0 Å². The number of imidazole rings is 1. The number of para-hydroxylation sites is 1. The Kier molecular flexibility index (Phi) is 4.25. The maximum absolute atomic E-state index is 11.8. The fraction of sp³-hybridized carbons (Fsp3) is 0.176. The van der Waals surface area contributed by atoms with Crippen molar-refractivity contribution in [2.24, 2.45) is 0 Å². The van der Waals surface area contributed by atoms with Crippen molar-refractivity contribution in [2.75, 3.05) is 26.1 Å². The second-order valence-electron chi connectivity index (χ2n) is 5.00. The standard InChI is InChI=1S/C17H17N3O3/c1-22-10-16(21)18-13-6-4-3-5-12(13)17-19-14-8-7-11(23-2)9-15(14)20-17/h3-9H,10H2,1-2H3,(H,18,21)(H,19,20). The lowest BCUT2D eigenvalue weighted by Crippen LogP contribution is -2.17. The molecule has 0 saturated heterocycles. The van der Waals surface area contributed by atoms with Crippen LogP contribution in [0.2, 0.25) is 0 Å². The van der Waals surface area contributed by atoms with E-state index in [4.69, 9.17) is 9.47 Å². The molecule has 1 heterocycles. The summed E-state index contributed by atoms with van der Waals surface area (Å²) in [7, 11) is 3.11. The Hall–Kier alpha value is -2.86. The largest absolute Gasteiger partial charge is 0.497 e. The number of hydrogen-bond donors (Lipinski definition) is 2. The van der Waals surface area contributed by atoms with Gasteiger partial charge in [0.05, 0.1) is 23.8 Å². The number of H-pyrrole nitrogens is 1. The average molecular weight is 311 g/mol. The third-order valence-corrected chi connectivity index (χ3v) is 3.42. The van der Waals surface area contributed by atoms with Crippen LogP contribution < -0.4 is 10.1 Å². The quantitative estimate of drug-likeness (QED) is 0.759. The average Bonchev–Trinajstić information content (AvgIpc) is 2.98. The van der Waals surface area contributed by atoms with Gasteiger partial charge in [-0.1, -0.05) is 12.1 Å². The van der Waals surface area contributed by atoms with Gasteiger partial charge >= 0.3 is 0 Å². The number of aromatic nitrogens is 2. The second-order valence-corrected chi connectivity index (χ2v) is 5.00. The van der Waals surface area contributed by atoms with E-state index in [0.29, 0.717) is 11.5 Å². The Bertz CT molecular complexity index is 842. The molecule has 118 valence electrons. The van der Waals surface area contributed by atoms with Crippen molar-refractivity contribution in [2.45, 2.75) is 0 Å². The fourth-order valence-corrected chi connectivity index (χ4v) is 2.36. The van der Waals surface area contributed by atoms with Gasteiger partial charge in [-0.05, 0) is 24.3 Å². The molecule has 0 bridgehead atoms. The first-order chi connectivity index (χ1) is 11.2. The zero-order valence-electron chi connectivity index (χ0n) is 12.9. The molecule has 0 atom stereocenters. The van der Waals surface area contributed by atoms with Gasteiger partial charge in [-0.15, -0.1) is 0 Å². The number of aromatic amines is 1. The topological polar surface area (TPSA) is 76.2 Å². The second kappa shape index (κ2) is 6.50. The molecule has 1 amide bonds. The molecule has 0 spiro atoms. The summed E-state index contributed by atoms with van der Waals surface area (Å²) in [4.78, 5) is 19.6. The van der Waals surface area contributed by atoms with Gasteiger partial charge in [-0.3, -0.25) is 4.79 Å². The first-order valence-corrected chi connectivity index (χ1v) is 7.13. The molecule has 3 rings (SSSR count). The van der Waals surface area contributed by atoms with Crippen LogP contribution in [-0.4, -0.2) is 36.7 Å². The van der Waals surface area contributed by atoms with E-state index in [1.54, 1.807) is 7.11 Å². The van der Waals surface area contributed by atoms with Gasteiger partial charge in [-0.2, -0.15) is 0 Å². The number of fused-ring (bicyclic) bond motifs is 1. The van der Waals surface area contributed by atoms with Gasteiger partial charge in [0, 0.05) is 18.7 Å². The first-order valence-electron chi connectivity index (χ1n) is 7.13. The maximum atomic E-state index is 11.8. The Morgan fingerprint density at radius 1 is 1.22 bits per heavy atom. The molecule has 3 aromatic rings. The lowest BCUT2D eigenvalue weighted by Gasteiger charge is -2.08. The molecule has 2 N–H and O–H groups in total. The summed E-state index contributed by atoms with van der Waals surface area (Å²) in [5.74, 6) is 1.23. The molecule has 23 heavy (non-hydrogen) atoms. The third kappa shape index (κ3) is 3.17. The van der Waals surface area contributed by atoms with Crippen molar-refractivity contribution in [1.29, 1.82) is 0 Å². The van der Waals surface area contributed by atoms with Gasteiger partial charge in [0.1, 0.15) is 18.2 Å². The Morgan fingerprint density at radius 2 is 2.04 bits per heavy atom. The summed E-state index contributed by atoms with van der Waals surface area (Å²) < 4.78 is 10.1. The minimum atomic E-state index is -0.210. The van der Waals surface area contributed by atoms with E-state index in [9.17, 15) is 4.79 Å². The van der Waals surface area contributed by atoms with Crippen molar-refractivity contribution >= 4 is 22.6 Å². The van der Waals surface area contributed by atoms with E-state index in [0.717, 1.165) is 22.3 Å². The summed E-state index contributed by atoms with van der Waals surface area (Å²) in [6, 6.07) is 13.1. The number of carbonyl (C=O) groups is 1. The number of methoxy groups -OCH3 is 2. The van der Waals surface area contributed by atoms with Crippen LogP contribution in [0.25, 0.3) is 22.4 Å². The number of nitrogens with one attached hydrogen (secondary N) is 2. The minimum Gasteiger partial charge on any atom is -0.497 e. The number of amides is 1. The van der Waals surface area contributed by atoms with E-state index < -0.39 is 0 Å². The van der Waals surface area contributed by atoms with Crippen LogP contribution >= 0.6 is 0 Å². The molecule has 0 aliphatic carbocycles. The van der Waals surface area contributed by atoms with E-state index in [-0.39, 0.29) is 12.5 Å². The van der Waals surface area contributed by atoms with Crippen molar-refractivity contribution in [1.82, 2.24) is 9.97 Å². The van der Waals surface area contributed by atoms with Crippen molar-refractivity contribution in [3.05, 3.63) is 42.5 Å². The number of anilines is 1. The fourth-order valence-electron chi connectivity index (χ4n) is 2.36. The highest BCUT2D eigenvalue weighted by Crippen LogP contribution is 2.28. The summed E-state index contributed by atoms with van der Waals surface area (Å²) in [6.07, 6.45) is 0. The normalized spacial score (nSPS) is 10.7. The molecule has 0 radical (unpaired) electrons. The van der Waals surface area contributed by atoms with Gasteiger partial charge in [0.15, 0.2) is 0 Å². The van der Waals surface area contributed by atoms with Crippen LogP contribution in [0.15, 0.2) is 42.5 Å². The highest BCUT2D eigenvalue weighted by molar-refractivity contribution is 5.96. The predicted molar refractivity (Wildman–Crippen MR) is 88.6 cm³/mol. The van der Waals surface area contributed by atoms with Crippen molar-refractivity contribution in [3.63, 3.8) is 0 Å². The summed E-state index contributed by atoms with van der Waals surface area (Å²) in [6.45, 7) is 0.00562. The molecule has 0 saturated carbocycles. The number of ether oxygens (including phenoxy) is 2. The van der Waals surface area contributed by atoms with Crippen LogP contribution in [0.4, 0.5) is 5.69 Å². The van der Waals surface area contributed by atoms with Crippen LogP contribution in [0.1, 0.15) is 0 Å². The van der Waals surface area contributed by atoms with Crippen molar-refractivity contribution in [3.8, 4) is 17.1 Å². The monoisotopic (exact) mass is 311 g/mol. The molecule has 0 unspecified atom stereocenters. The highest BCUT2D eigenvalue weighted by atomic mass is 16.5. The van der Waals surface area contributed by atoms with E-state index in [1.165, 1.54) is 7.11 Å². The molecular weight excluding hydrogens is 294 g/mol. The molecule has 0 aliphatic heterocycles. The molecule has 6 nitrogen and oxygen atoms in total. The van der Waals surface area contributed by atoms with Gasteiger partial charge in [0.2, 0.25) is 5.91 Å². The van der Waals surface area contributed by atoms with Gasteiger partial charge in [0.25, 0.3) is 0 Å². The number of nitrogens with zero attached hydrogens (tertiary/aromatic N) is 1. The number of carbonyl (C=O) groups excluding carboxylic acids is 1. The van der Waals surface area contributed by atoms with Crippen LogP contribution in [0.5, 0.6) is 5.75 Å². The minimum absolute atomic E-state index is 0.00562. The summed E-state index contributed by atoms with van der Waals surface area (Å²) in [5.41, 5.74) is 3.20. The van der Waals surface area contributed by atoms with Crippen molar-refractivity contribution < 1.29 is 14.3 Å². The number of rotatable bonds is 5. The Morgan fingerprint density at radius 3 is 2.83 bits per heavy atom. The number of benzene rings is 2. The third-order valence-electron chi connectivity index (χ3n) is 3.42. The predicted octanol–water partition coefficient (Wildman–Crippen LogP) is 2.82. The van der Waals surface area contributed by atoms with Crippen LogP contribution in [0.3, 0.4) is 0 Å². The van der Waals surface area contributed by atoms with E-state index in [2.05, 4.69) is 15.3 Å². The molecular formula is C17H17N3O3. The lowest BCUT2D eigenvalue weighted by molar-refractivity contribution is -0.119.